The first-order valence-corrected chi connectivity index (χ1v) is 5.58. The van der Waals surface area contributed by atoms with Crippen molar-refractivity contribution in [3.8, 4) is 0 Å². The molecular weight excluding hydrogens is 104 g/mol. The fourth-order valence-electron chi connectivity index (χ4n) is 1.73. The van der Waals surface area contributed by atoms with Crippen molar-refractivity contribution in [2.75, 3.05) is 18.3 Å². The lowest BCUT2D eigenvalue weighted by atomic mass is 10.5. The summed E-state index contributed by atoms with van der Waals surface area (Å²) < 4.78 is 0. The smallest absolute Gasteiger partial charge is 0.00772 e. The van der Waals surface area contributed by atoms with Crippen LogP contribution in [0.1, 0.15) is 6.42 Å². The van der Waals surface area contributed by atoms with Gasteiger partial charge in [0.05, 0.1) is 0 Å². The largest absolute Gasteiger partial charge is 0.243 e. The van der Waals surface area contributed by atoms with Crippen molar-refractivity contribution in [3.05, 3.63) is 0 Å². The Balaban J connectivity index is 2.15. The molecule has 2 rings (SSSR count). The molecule has 0 spiro atoms. The quantitative estimate of drug-likeness (QED) is 0.449. The first kappa shape index (κ1) is 4.25. The van der Waals surface area contributed by atoms with Crippen molar-refractivity contribution < 1.29 is 0 Å². The molecule has 0 amide bonds. The van der Waals surface area contributed by atoms with Gasteiger partial charge in [-0.1, -0.05) is 0 Å². The summed E-state index contributed by atoms with van der Waals surface area (Å²) in [4.78, 5) is 0. The molecule has 2 atom stereocenters. The van der Waals surface area contributed by atoms with Crippen LogP contribution in [0.5, 0.6) is 0 Å². The molecule has 2 fully saturated rings. The summed E-state index contributed by atoms with van der Waals surface area (Å²) in [6.45, 7) is 0. The van der Waals surface area contributed by atoms with Gasteiger partial charge in [-0.2, -0.15) is 0 Å². The molecule has 42 valence electrons. The molecule has 7 heavy (non-hydrogen) atoms. The van der Waals surface area contributed by atoms with Gasteiger partial charge in [0.15, 0.2) is 0 Å². The number of hydrogen-bond acceptors (Lipinski definition) is 0. The van der Waals surface area contributed by atoms with Crippen LogP contribution in [0.4, 0.5) is 0 Å². The predicted octanol–water partition coefficient (Wildman–Crippen LogP) is 1.45. The fraction of sp³-hybridized carbons (Fsp3) is 1.00. The molecule has 1 aliphatic heterocycles. The number of rotatable bonds is 0. The minimum absolute atomic E-state index is 0.0139. The molecule has 0 nitrogen and oxygen atoms in total. The molecule has 1 saturated heterocycles. The van der Waals surface area contributed by atoms with Gasteiger partial charge in [-0.3, -0.25) is 0 Å². The van der Waals surface area contributed by atoms with Crippen molar-refractivity contribution in [2.45, 2.75) is 11.7 Å². The van der Waals surface area contributed by atoms with Crippen LogP contribution in [0.3, 0.4) is 0 Å². The highest BCUT2D eigenvalue weighted by molar-refractivity contribution is 8.34. The standard InChI is InChI=1S/C6H12S/c1-7(2)4-5-3-6(5)7/h5-6H,3-4H2,1-2H3/t5-,6?/m0/s1. The Kier molecular flexibility index (Phi) is 0.536. The summed E-state index contributed by atoms with van der Waals surface area (Å²) in [5.41, 5.74) is 0. The zero-order valence-electron chi connectivity index (χ0n) is 4.98. The average Bonchev–Trinajstić information content (AvgIpc) is 2.13. The second-order valence-corrected chi connectivity index (χ2v) is 7.51. The van der Waals surface area contributed by atoms with E-state index in [1.54, 1.807) is 12.2 Å². The molecule has 0 radical (unpaired) electrons. The molecule has 0 aromatic rings. The van der Waals surface area contributed by atoms with Gasteiger partial charge in [0.1, 0.15) is 0 Å². The van der Waals surface area contributed by atoms with Crippen molar-refractivity contribution >= 4 is 10.0 Å². The topological polar surface area (TPSA) is 0 Å². The van der Waals surface area contributed by atoms with Crippen LogP contribution in [-0.4, -0.2) is 23.5 Å². The zero-order chi connectivity index (χ0) is 5.07. The second-order valence-electron chi connectivity index (χ2n) is 3.32. The van der Waals surface area contributed by atoms with E-state index in [1.807, 2.05) is 0 Å². The molecule has 0 N–H and O–H groups in total. The van der Waals surface area contributed by atoms with Gasteiger partial charge in [0.25, 0.3) is 0 Å². The Bertz CT molecular complexity index is 107. The lowest BCUT2D eigenvalue weighted by molar-refractivity contribution is 0.945. The van der Waals surface area contributed by atoms with E-state index in [-0.39, 0.29) is 10.0 Å². The Morgan fingerprint density at radius 3 is 2.14 bits per heavy atom. The maximum Gasteiger partial charge on any atom is -0.00772 e. The summed E-state index contributed by atoms with van der Waals surface area (Å²) in [6.07, 6.45) is 6.53. The van der Waals surface area contributed by atoms with E-state index < -0.39 is 0 Å². The summed E-state index contributed by atoms with van der Waals surface area (Å²) >= 11 is 0. The van der Waals surface area contributed by atoms with E-state index in [4.69, 9.17) is 0 Å². The Morgan fingerprint density at radius 2 is 2.14 bits per heavy atom. The van der Waals surface area contributed by atoms with Gasteiger partial charge in [-0.05, 0) is 35.9 Å². The zero-order valence-corrected chi connectivity index (χ0v) is 5.79. The minimum Gasteiger partial charge on any atom is -0.243 e. The van der Waals surface area contributed by atoms with Gasteiger partial charge < -0.3 is 0 Å². The average molecular weight is 116 g/mol. The second kappa shape index (κ2) is 0.883. The summed E-state index contributed by atoms with van der Waals surface area (Å²) in [7, 11) is 0.0139. The first-order chi connectivity index (χ1) is 3.20. The molecule has 2 aliphatic rings. The van der Waals surface area contributed by atoms with Crippen LogP contribution >= 0.6 is 10.0 Å². The lowest BCUT2D eigenvalue weighted by Crippen LogP contribution is -2.20. The highest BCUT2D eigenvalue weighted by Crippen LogP contribution is 2.72. The molecular formula is C6H12S. The molecule has 1 heterocycles. The summed E-state index contributed by atoms with van der Waals surface area (Å²) in [5.74, 6) is 2.81. The Labute approximate surface area is 46.6 Å². The van der Waals surface area contributed by atoms with Gasteiger partial charge in [0.2, 0.25) is 0 Å². The monoisotopic (exact) mass is 116 g/mol. The molecule has 1 aliphatic carbocycles. The van der Waals surface area contributed by atoms with Crippen LogP contribution in [0.25, 0.3) is 0 Å². The predicted molar refractivity (Wildman–Crippen MR) is 36.2 cm³/mol. The van der Waals surface area contributed by atoms with Gasteiger partial charge in [-0.25, -0.2) is 10.0 Å². The Hall–Kier alpha value is 0.350. The Morgan fingerprint density at radius 1 is 1.43 bits per heavy atom. The van der Waals surface area contributed by atoms with Crippen molar-refractivity contribution in [1.82, 2.24) is 0 Å². The SMILES string of the molecule is CS1(C)C[C@@H]2CC21. The molecule has 0 aromatic carbocycles. The summed E-state index contributed by atoms with van der Waals surface area (Å²) in [5, 5.41) is 1.23. The van der Waals surface area contributed by atoms with Crippen LogP contribution < -0.4 is 0 Å². The van der Waals surface area contributed by atoms with Crippen molar-refractivity contribution in [2.24, 2.45) is 5.92 Å². The molecule has 0 bridgehead atoms. The third kappa shape index (κ3) is 0.399. The molecule has 0 aromatic heterocycles. The maximum atomic E-state index is 2.47. The van der Waals surface area contributed by atoms with Crippen LogP contribution in [0, 0.1) is 5.92 Å². The normalized spacial score (nSPS) is 56.9. The van der Waals surface area contributed by atoms with E-state index in [1.165, 1.54) is 11.2 Å². The highest BCUT2D eigenvalue weighted by Gasteiger charge is 2.55. The van der Waals surface area contributed by atoms with Crippen LogP contribution in [0.15, 0.2) is 0 Å². The van der Waals surface area contributed by atoms with E-state index in [0.29, 0.717) is 0 Å². The number of hydrogen-bond donors (Lipinski definition) is 0. The van der Waals surface area contributed by atoms with Gasteiger partial charge in [0, 0.05) is 0 Å². The van der Waals surface area contributed by atoms with Gasteiger partial charge in [-0.15, -0.1) is 0 Å². The van der Waals surface area contributed by atoms with E-state index in [0.717, 1.165) is 0 Å². The van der Waals surface area contributed by atoms with E-state index in [2.05, 4.69) is 12.5 Å². The first-order valence-electron chi connectivity index (χ1n) is 2.90. The number of fused-ring (bicyclic) bond motifs is 1. The third-order valence-electron chi connectivity index (χ3n) is 2.32. The van der Waals surface area contributed by atoms with Crippen molar-refractivity contribution in [3.63, 3.8) is 0 Å². The lowest BCUT2D eigenvalue weighted by Gasteiger charge is -2.39. The van der Waals surface area contributed by atoms with Crippen molar-refractivity contribution in [1.29, 1.82) is 0 Å². The molecule has 1 unspecified atom stereocenters. The minimum atomic E-state index is 0.0139. The maximum absolute atomic E-state index is 2.47. The highest BCUT2D eigenvalue weighted by atomic mass is 32.3. The summed E-state index contributed by atoms with van der Waals surface area (Å²) in [6, 6.07) is 0. The molecule has 1 saturated carbocycles. The van der Waals surface area contributed by atoms with Crippen LogP contribution in [0.2, 0.25) is 0 Å². The van der Waals surface area contributed by atoms with Crippen LogP contribution in [-0.2, 0) is 0 Å². The van der Waals surface area contributed by atoms with E-state index >= 15 is 0 Å². The fourth-order valence-corrected chi connectivity index (χ4v) is 5.00. The third-order valence-corrected chi connectivity index (χ3v) is 5.82. The molecule has 1 heteroatoms. The van der Waals surface area contributed by atoms with E-state index in [9.17, 15) is 0 Å². The van der Waals surface area contributed by atoms with Gasteiger partial charge >= 0.3 is 0 Å².